The van der Waals surface area contributed by atoms with E-state index in [-0.39, 0.29) is 0 Å². The third kappa shape index (κ3) is 1.85. The standard InChI is InChI=1S/C6H8N2S/c7-6(8)4-5-2-1-3-9-5/h1-3H,4H2,(H3,7,8)/p+1. The van der Waals surface area contributed by atoms with Crippen molar-refractivity contribution in [3.05, 3.63) is 22.4 Å². The van der Waals surface area contributed by atoms with Crippen LogP contribution in [0, 0.1) is 0 Å². The van der Waals surface area contributed by atoms with Gasteiger partial charge in [0.05, 0.1) is 6.42 Å². The minimum atomic E-state index is 0.484. The summed E-state index contributed by atoms with van der Waals surface area (Å²) in [4.78, 5) is 1.22. The van der Waals surface area contributed by atoms with Crippen molar-refractivity contribution in [2.45, 2.75) is 6.42 Å². The minimum Gasteiger partial charge on any atom is -0.291 e. The highest BCUT2D eigenvalue weighted by atomic mass is 32.1. The van der Waals surface area contributed by atoms with E-state index >= 15 is 0 Å². The lowest BCUT2D eigenvalue weighted by Gasteiger charge is -1.84. The van der Waals surface area contributed by atoms with Crippen LogP contribution in [0.4, 0.5) is 0 Å². The molecule has 0 spiro atoms. The average molecular weight is 141 g/mol. The van der Waals surface area contributed by atoms with Crippen LogP contribution >= 0.6 is 11.3 Å². The molecule has 0 aliphatic rings. The van der Waals surface area contributed by atoms with Gasteiger partial charge in [-0.1, -0.05) is 6.07 Å². The third-order valence-corrected chi connectivity index (χ3v) is 1.83. The molecule has 48 valence electrons. The lowest BCUT2D eigenvalue weighted by Crippen LogP contribution is -2.46. The molecule has 1 rings (SSSR count). The van der Waals surface area contributed by atoms with Crippen molar-refractivity contribution in [2.24, 2.45) is 5.73 Å². The molecule has 0 unspecified atom stereocenters. The molecule has 0 aliphatic heterocycles. The van der Waals surface area contributed by atoms with Crippen LogP contribution in [0.3, 0.4) is 0 Å². The molecule has 0 amide bonds. The zero-order valence-corrected chi connectivity index (χ0v) is 5.82. The predicted octanol–water partition coefficient (Wildman–Crippen LogP) is -0.593. The van der Waals surface area contributed by atoms with Gasteiger partial charge in [-0.3, -0.25) is 11.1 Å². The largest absolute Gasteiger partial charge is 0.291 e. The lowest BCUT2D eigenvalue weighted by molar-refractivity contribution is -0.117. The Morgan fingerprint density at radius 3 is 3.00 bits per heavy atom. The van der Waals surface area contributed by atoms with Crippen LogP contribution in [-0.4, -0.2) is 5.84 Å². The van der Waals surface area contributed by atoms with E-state index in [4.69, 9.17) is 11.1 Å². The van der Waals surface area contributed by atoms with Gasteiger partial charge in [-0.05, 0) is 11.4 Å². The van der Waals surface area contributed by atoms with Crippen molar-refractivity contribution in [3.63, 3.8) is 0 Å². The highest BCUT2D eigenvalue weighted by Gasteiger charge is 1.97. The Labute approximate surface area is 57.8 Å². The first kappa shape index (κ1) is 6.29. The molecule has 0 radical (unpaired) electrons. The summed E-state index contributed by atoms with van der Waals surface area (Å²) in [6, 6.07) is 4.01. The maximum Gasteiger partial charge on any atom is 0.243 e. The Morgan fingerprint density at radius 2 is 2.56 bits per heavy atom. The van der Waals surface area contributed by atoms with Crippen LogP contribution in [0.25, 0.3) is 0 Å². The lowest BCUT2D eigenvalue weighted by atomic mass is 10.3. The first-order valence-electron chi connectivity index (χ1n) is 2.68. The summed E-state index contributed by atoms with van der Waals surface area (Å²) in [6.45, 7) is 0. The highest BCUT2D eigenvalue weighted by Crippen LogP contribution is 2.07. The maximum absolute atomic E-state index is 5.28. The normalized spacial score (nSPS) is 9.33. The molecule has 0 aliphatic carbocycles. The van der Waals surface area contributed by atoms with E-state index < -0.39 is 0 Å². The van der Waals surface area contributed by atoms with Crippen LogP contribution < -0.4 is 11.1 Å². The summed E-state index contributed by atoms with van der Waals surface area (Å²) in [5.74, 6) is 0.484. The van der Waals surface area contributed by atoms with Gasteiger partial charge in [-0.15, -0.1) is 11.3 Å². The Kier molecular flexibility index (Phi) is 1.85. The minimum absolute atomic E-state index is 0.484. The van der Waals surface area contributed by atoms with Crippen LogP contribution in [0.5, 0.6) is 0 Å². The second-order valence-corrected chi connectivity index (χ2v) is 2.86. The SMILES string of the molecule is NC(=[NH2+])Cc1cccs1. The monoisotopic (exact) mass is 141 g/mol. The second-order valence-electron chi connectivity index (χ2n) is 1.83. The summed E-state index contributed by atoms with van der Waals surface area (Å²) >= 11 is 1.67. The van der Waals surface area contributed by atoms with Crippen molar-refractivity contribution >= 4 is 17.2 Å². The molecule has 0 bridgehead atoms. The molecule has 0 saturated heterocycles. The zero-order chi connectivity index (χ0) is 6.69. The summed E-state index contributed by atoms with van der Waals surface area (Å²) < 4.78 is 0. The summed E-state index contributed by atoms with van der Waals surface area (Å²) in [5, 5.41) is 7.30. The van der Waals surface area contributed by atoms with E-state index in [1.54, 1.807) is 11.3 Å². The van der Waals surface area contributed by atoms with E-state index in [0.29, 0.717) is 12.3 Å². The number of hydrogen-bond donors (Lipinski definition) is 2. The topological polar surface area (TPSA) is 51.6 Å². The van der Waals surface area contributed by atoms with Gasteiger partial charge in [0.15, 0.2) is 0 Å². The fourth-order valence-electron chi connectivity index (χ4n) is 0.614. The molecular formula is C6H9N2S+. The molecule has 1 aromatic heterocycles. The van der Waals surface area contributed by atoms with Crippen molar-refractivity contribution < 1.29 is 5.41 Å². The van der Waals surface area contributed by atoms with Gasteiger partial charge in [0.25, 0.3) is 0 Å². The molecule has 1 heterocycles. The molecule has 2 nitrogen and oxygen atoms in total. The van der Waals surface area contributed by atoms with Crippen molar-refractivity contribution in [1.82, 2.24) is 0 Å². The van der Waals surface area contributed by atoms with Crippen LogP contribution in [0.15, 0.2) is 17.5 Å². The molecule has 0 saturated carbocycles. The molecule has 0 atom stereocenters. The fourth-order valence-corrected chi connectivity index (χ4v) is 1.35. The Bertz CT molecular complexity index is 191. The second kappa shape index (κ2) is 2.64. The number of thiophene rings is 1. The molecule has 9 heavy (non-hydrogen) atoms. The summed E-state index contributed by atoms with van der Waals surface area (Å²) in [6.07, 6.45) is 0.706. The van der Waals surface area contributed by atoms with Crippen molar-refractivity contribution in [1.29, 1.82) is 0 Å². The van der Waals surface area contributed by atoms with Crippen LogP contribution in [0.2, 0.25) is 0 Å². The first-order chi connectivity index (χ1) is 4.29. The third-order valence-electron chi connectivity index (χ3n) is 0.958. The van der Waals surface area contributed by atoms with Gasteiger partial charge in [0.1, 0.15) is 0 Å². The van der Waals surface area contributed by atoms with Gasteiger partial charge in [-0.25, -0.2) is 0 Å². The molecule has 1 aromatic rings. The highest BCUT2D eigenvalue weighted by molar-refractivity contribution is 7.10. The van der Waals surface area contributed by atoms with E-state index in [0.717, 1.165) is 0 Å². The van der Waals surface area contributed by atoms with Gasteiger partial charge in [-0.2, -0.15) is 0 Å². The summed E-state index contributed by atoms with van der Waals surface area (Å²) in [7, 11) is 0. The molecular weight excluding hydrogens is 132 g/mol. The van der Waals surface area contributed by atoms with Crippen molar-refractivity contribution in [2.75, 3.05) is 0 Å². The van der Waals surface area contributed by atoms with Gasteiger partial charge >= 0.3 is 0 Å². The van der Waals surface area contributed by atoms with Crippen LogP contribution in [-0.2, 0) is 6.42 Å². The van der Waals surface area contributed by atoms with E-state index in [2.05, 4.69) is 0 Å². The molecule has 0 fully saturated rings. The fraction of sp³-hybridized carbons (Fsp3) is 0.167. The maximum atomic E-state index is 5.28. The van der Waals surface area contributed by atoms with Crippen LogP contribution in [0.1, 0.15) is 4.88 Å². The van der Waals surface area contributed by atoms with Gasteiger partial charge in [0.2, 0.25) is 5.84 Å². The number of hydrogen-bond acceptors (Lipinski definition) is 1. The van der Waals surface area contributed by atoms with Gasteiger partial charge in [0, 0.05) is 4.88 Å². The Balaban J connectivity index is 2.58. The molecule has 3 heteroatoms. The Hall–Kier alpha value is -0.830. The van der Waals surface area contributed by atoms with Crippen molar-refractivity contribution in [3.8, 4) is 0 Å². The average Bonchev–Trinajstić information content (AvgIpc) is 2.15. The predicted molar refractivity (Wildman–Crippen MR) is 39.1 cm³/mol. The van der Waals surface area contributed by atoms with E-state index in [9.17, 15) is 0 Å². The zero-order valence-electron chi connectivity index (χ0n) is 5.00. The number of amidine groups is 1. The van der Waals surface area contributed by atoms with E-state index in [1.807, 2.05) is 17.5 Å². The van der Waals surface area contributed by atoms with Gasteiger partial charge < -0.3 is 0 Å². The van der Waals surface area contributed by atoms with E-state index in [1.165, 1.54) is 4.88 Å². The number of rotatable bonds is 2. The Morgan fingerprint density at radius 1 is 1.78 bits per heavy atom. The quantitative estimate of drug-likeness (QED) is 0.419. The molecule has 0 aromatic carbocycles. The number of nitrogens with two attached hydrogens (primary N) is 2. The summed E-state index contributed by atoms with van der Waals surface area (Å²) in [5.41, 5.74) is 5.28. The molecule has 4 N–H and O–H groups in total. The smallest absolute Gasteiger partial charge is 0.243 e. The first-order valence-corrected chi connectivity index (χ1v) is 3.56.